The molecule has 3 aromatic rings. The van der Waals surface area contributed by atoms with E-state index in [0.717, 1.165) is 43.2 Å². The van der Waals surface area contributed by atoms with Crippen LogP contribution in [0.4, 0.5) is 5.69 Å². The third kappa shape index (κ3) is 2.49. The van der Waals surface area contributed by atoms with Crippen molar-refractivity contribution in [2.75, 3.05) is 12.3 Å². The Labute approximate surface area is 132 Å². The summed E-state index contributed by atoms with van der Waals surface area (Å²) in [6.45, 7) is 0.749. The summed E-state index contributed by atoms with van der Waals surface area (Å²) in [6.07, 6.45) is 5.68. The van der Waals surface area contributed by atoms with E-state index >= 15 is 0 Å². The van der Waals surface area contributed by atoms with Crippen molar-refractivity contribution in [1.29, 1.82) is 0 Å². The van der Waals surface area contributed by atoms with E-state index in [4.69, 9.17) is 10.5 Å². The minimum Gasteiger partial charge on any atom is -0.396 e. The van der Waals surface area contributed by atoms with Crippen LogP contribution >= 0.6 is 0 Å². The standard InChI is InChI=1S/C16H17N5O2/c17-11-8-21(14-3-1-2-6-23-14)20-15(11)16-18-12-5-4-10(9-22)7-13(12)19-16/h4-5,7-9,14H,1-3,6,17H2,(H,18,19). The van der Waals surface area contributed by atoms with Crippen molar-refractivity contribution in [3.8, 4) is 11.5 Å². The largest absolute Gasteiger partial charge is 0.396 e. The minimum atomic E-state index is -0.0640. The van der Waals surface area contributed by atoms with Crippen LogP contribution in [0.25, 0.3) is 22.6 Å². The summed E-state index contributed by atoms with van der Waals surface area (Å²) in [5.74, 6) is 0.593. The summed E-state index contributed by atoms with van der Waals surface area (Å²) in [5.41, 5.74) is 9.41. The number of anilines is 1. The first-order chi connectivity index (χ1) is 11.2. The number of nitrogens with two attached hydrogens (primary N) is 1. The number of hydrogen-bond acceptors (Lipinski definition) is 5. The molecule has 3 N–H and O–H groups in total. The SMILES string of the molecule is Nc1cn(C2CCCCO2)nc1-c1nc2ccc(C=O)cc2[nH]1. The maximum Gasteiger partial charge on any atom is 0.161 e. The molecule has 2 aromatic heterocycles. The van der Waals surface area contributed by atoms with Gasteiger partial charge in [-0.15, -0.1) is 0 Å². The van der Waals surface area contributed by atoms with Gasteiger partial charge in [-0.05, 0) is 37.5 Å². The van der Waals surface area contributed by atoms with Crippen molar-refractivity contribution in [1.82, 2.24) is 19.7 Å². The molecular formula is C16H17N5O2. The fourth-order valence-electron chi connectivity index (χ4n) is 2.88. The van der Waals surface area contributed by atoms with E-state index < -0.39 is 0 Å². The van der Waals surface area contributed by atoms with Gasteiger partial charge in [0.2, 0.25) is 0 Å². The fourth-order valence-corrected chi connectivity index (χ4v) is 2.88. The molecule has 7 nitrogen and oxygen atoms in total. The van der Waals surface area contributed by atoms with Gasteiger partial charge in [0.1, 0.15) is 12.5 Å². The number of aldehydes is 1. The van der Waals surface area contributed by atoms with Crippen LogP contribution in [0, 0.1) is 0 Å². The first kappa shape index (κ1) is 14.0. The average molecular weight is 311 g/mol. The zero-order valence-electron chi connectivity index (χ0n) is 12.5. The molecule has 1 aliphatic heterocycles. The Balaban J connectivity index is 1.72. The van der Waals surface area contributed by atoms with Gasteiger partial charge in [0, 0.05) is 12.2 Å². The number of ether oxygens (including phenoxy) is 1. The molecular weight excluding hydrogens is 294 g/mol. The number of fused-ring (bicyclic) bond motifs is 1. The molecule has 4 rings (SSSR count). The van der Waals surface area contributed by atoms with E-state index in [1.807, 2.05) is 0 Å². The van der Waals surface area contributed by atoms with E-state index in [2.05, 4.69) is 15.1 Å². The first-order valence-electron chi connectivity index (χ1n) is 7.66. The van der Waals surface area contributed by atoms with Crippen LogP contribution in [0.5, 0.6) is 0 Å². The highest BCUT2D eigenvalue weighted by atomic mass is 16.5. The summed E-state index contributed by atoms with van der Waals surface area (Å²) in [7, 11) is 0. The van der Waals surface area contributed by atoms with Crippen LogP contribution in [0.3, 0.4) is 0 Å². The van der Waals surface area contributed by atoms with Gasteiger partial charge >= 0.3 is 0 Å². The third-order valence-corrected chi connectivity index (χ3v) is 4.08. The molecule has 3 heterocycles. The predicted molar refractivity (Wildman–Crippen MR) is 86.0 cm³/mol. The lowest BCUT2D eigenvalue weighted by molar-refractivity contribution is -0.0393. The zero-order chi connectivity index (χ0) is 15.8. The van der Waals surface area contributed by atoms with E-state index in [1.165, 1.54) is 0 Å². The summed E-state index contributed by atoms with van der Waals surface area (Å²) in [5, 5.41) is 4.54. The molecule has 0 aliphatic carbocycles. The van der Waals surface area contributed by atoms with Gasteiger partial charge in [-0.1, -0.05) is 0 Å². The summed E-state index contributed by atoms with van der Waals surface area (Å²) < 4.78 is 7.50. The number of aromatic amines is 1. The topological polar surface area (TPSA) is 98.8 Å². The quantitative estimate of drug-likeness (QED) is 0.724. The summed E-state index contributed by atoms with van der Waals surface area (Å²) >= 11 is 0. The molecule has 7 heteroatoms. The smallest absolute Gasteiger partial charge is 0.161 e. The maximum atomic E-state index is 10.9. The predicted octanol–water partition coefficient (Wildman–Crippen LogP) is 2.52. The number of carbonyl (C=O) groups excluding carboxylic acids is 1. The van der Waals surface area contributed by atoms with Crippen molar-refractivity contribution in [2.24, 2.45) is 0 Å². The number of nitrogen functional groups attached to an aromatic ring is 1. The molecule has 1 unspecified atom stereocenters. The van der Waals surface area contributed by atoms with E-state index in [9.17, 15) is 4.79 Å². The molecule has 118 valence electrons. The second-order valence-electron chi connectivity index (χ2n) is 5.71. The number of benzene rings is 1. The second-order valence-corrected chi connectivity index (χ2v) is 5.71. The Morgan fingerprint density at radius 2 is 2.30 bits per heavy atom. The normalized spacial score (nSPS) is 18.3. The van der Waals surface area contributed by atoms with E-state index in [1.54, 1.807) is 29.1 Å². The molecule has 0 spiro atoms. The lowest BCUT2D eigenvalue weighted by Crippen LogP contribution is -2.18. The number of nitrogens with zero attached hydrogens (tertiary/aromatic N) is 3. The Hall–Kier alpha value is -2.67. The van der Waals surface area contributed by atoms with E-state index in [-0.39, 0.29) is 6.23 Å². The number of rotatable bonds is 3. The van der Waals surface area contributed by atoms with Crippen molar-refractivity contribution in [3.05, 3.63) is 30.0 Å². The van der Waals surface area contributed by atoms with Gasteiger partial charge < -0.3 is 15.5 Å². The molecule has 1 fully saturated rings. The monoisotopic (exact) mass is 311 g/mol. The van der Waals surface area contributed by atoms with E-state index in [0.29, 0.717) is 22.8 Å². The third-order valence-electron chi connectivity index (χ3n) is 4.08. The van der Waals surface area contributed by atoms with Crippen LogP contribution < -0.4 is 5.73 Å². The van der Waals surface area contributed by atoms with Gasteiger partial charge in [-0.3, -0.25) is 4.79 Å². The lowest BCUT2D eigenvalue weighted by Gasteiger charge is -2.22. The molecule has 1 atom stereocenters. The van der Waals surface area contributed by atoms with Gasteiger partial charge in [0.15, 0.2) is 11.5 Å². The summed E-state index contributed by atoms with van der Waals surface area (Å²) in [4.78, 5) is 18.6. The van der Waals surface area contributed by atoms with Crippen LogP contribution in [-0.4, -0.2) is 32.6 Å². The molecule has 0 radical (unpaired) electrons. The molecule has 0 saturated carbocycles. The number of H-pyrrole nitrogens is 1. The van der Waals surface area contributed by atoms with Gasteiger partial charge in [0.25, 0.3) is 0 Å². The highest BCUT2D eigenvalue weighted by molar-refractivity contribution is 5.87. The summed E-state index contributed by atoms with van der Waals surface area (Å²) in [6, 6.07) is 5.30. The van der Waals surface area contributed by atoms with Crippen molar-refractivity contribution < 1.29 is 9.53 Å². The maximum absolute atomic E-state index is 10.9. The van der Waals surface area contributed by atoms with Crippen LogP contribution in [0.1, 0.15) is 35.8 Å². The molecule has 0 bridgehead atoms. The lowest BCUT2D eigenvalue weighted by atomic mass is 10.2. The Morgan fingerprint density at radius 1 is 1.39 bits per heavy atom. The average Bonchev–Trinajstić information content (AvgIpc) is 3.18. The van der Waals surface area contributed by atoms with Crippen LogP contribution in [0.15, 0.2) is 24.4 Å². The van der Waals surface area contributed by atoms with Crippen molar-refractivity contribution >= 4 is 23.0 Å². The molecule has 1 saturated heterocycles. The van der Waals surface area contributed by atoms with Gasteiger partial charge in [0.05, 0.1) is 22.9 Å². The fraction of sp³-hybridized carbons (Fsp3) is 0.312. The highest BCUT2D eigenvalue weighted by Gasteiger charge is 2.20. The Kier molecular flexibility index (Phi) is 3.34. The molecule has 1 aromatic carbocycles. The van der Waals surface area contributed by atoms with Crippen molar-refractivity contribution in [2.45, 2.75) is 25.5 Å². The first-order valence-corrected chi connectivity index (χ1v) is 7.66. The Bertz CT molecular complexity index is 861. The number of nitrogens with one attached hydrogen (secondary N) is 1. The van der Waals surface area contributed by atoms with Crippen molar-refractivity contribution in [3.63, 3.8) is 0 Å². The number of imidazole rings is 1. The molecule has 1 aliphatic rings. The zero-order valence-corrected chi connectivity index (χ0v) is 12.5. The van der Waals surface area contributed by atoms with Gasteiger partial charge in [-0.2, -0.15) is 5.10 Å². The minimum absolute atomic E-state index is 0.0640. The number of aromatic nitrogens is 4. The number of carbonyl (C=O) groups is 1. The second kappa shape index (κ2) is 5.51. The number of hydrogen-bond donors (Lipinski definition) is 2. The molecule has 0 amide bonds. The van der Waals surface area contributed by atoms with Crippen LogP contribution in [-0.2, 0) is 4.74 Å². The Morgan fingerprint density at radius 3 is 3.09 bits per heavy atom. The highest BCUT2D eigenvalue weighted by Crippen LogP contribution is 2.28. The van der Waals surface area contributed by atoms with Crippen LogP contribution in [0.2, 0.25) is 0 Å². The molecule has 23 heavy (non-hydrogen) atoms. The van der Waals surface area contributed by atoms with Gasteiger partial charge in [-0.25, -0.2) is 9.67 Å².